The monoisotopic (exact) mass is 220 g/mol. The van der Waals surface area contributed by atoms with E-state index >= 15 is 0 Å². The number of aryl methyl sites for hydroxylation is 3. The Bertz CT molecular complexity index is 333. The van der Waals surface area contributed by atoms with Gasteiger partial charge in [-0.15, -0.1) is 0 Å². The minimum Gasteiger partial charge on any atom is -0.380 e. The molecule has 1 aromatic rings. The summed E-state index contributed by atoms with van der Waals surface area (Å²) in [6, 6.07) is 4.77. The molecule has 0 aliphatic heterocycles. The summed E-state index contributed by atoms with van der Waals surface area (Å²) in [6.07, 6.45) is 0. The molecular weight excluding hydrogens is 196 g/mol. The zero-order valence-corrected chi connectivity index (χ0v) is 11.1. The Balaban J connectivity index is 2.96. The normalized spacial score (nSPS) is 12.9. The first kappa shape index (κ1) is 13.0. The molecule has 2 nitrogen and oxygen atoms in total. The highest BCUT2D eigenvalue weighted by Crippen LogP contribution is 2.23. The molecule has 0 fully saturated rings. The summed E-state index contributed by atoms with van der Waals surface area (Å²) in [6.45, 7) is 11.5. The first-order chi connectivity index (χ1) is 7.45. The highest BCUT2D eigenvalue weighted by molar-refractivity contribution is 5.58. The maximum Gasteiger partial charge on any atom is 0.0406 e. The smallest absolute Gasteiger partial charge is 0.0406 e. The number of hydrogen-bond acceptors (Lipinski definition) is 2. The number of nitrogens with one attached hydrogen (secondary N) is 1. The molecule has 0 radical (unpaired) electrons. The van der Waals surface area contributed by atoms with Crippen LogP contribution in [0.4, 0.5) is 5.69 Å². The molecule has 1 unspecified atom stereocenters. The van der Waals surface area contributed by atoms with E-state index in [-0.39, 0.29) is 0 Å². The van der Waals surface area contributed by atoms with Crippen LogP contribution in [0.5, 0.6) is 0 Å². The van der Waals surface area contributed by atoms with Crippen molar-refractivity contribution in [2.75, 3.05) is 11.9 Å². The van der Waals surface area contributed by atoms with Crippen LogP contribution < -0.4 is 11.1 Å². The number of benzene rings is 1. The third kappa shape index (κ3) is 2.99. The summed E-state index contributed by atoms with van der Waals surface area (Å²) in [4.78, 5) is 0. The van der Waals surface area contributed by atoms with Crippen LogP contribution in [0.3, 0.4) is 0 Å². The molecule has 0 saturated heterocycles. The number of anilines is 1. The Kier molecular flexibility index (Phi) is 4.36. The summed E-state index contributed by atoms with van der Waals surface area (Å²) in [5.74, 6) is 0.546. The lowest BCUT2D eigenvalue weighted by Crippen LogP contribution is -2.34. The van der Waals surface area contributed by atoms with Crippen LogP contribution >= 0.6 is 0 Å². The predicted octanol–water partition coefficient (Wildman–Crippen LogP) is 3.01. The third-order valence-electron chi connectivity index (χ3n) is 3.07. The largest absolute Gasteiger partial charge is 0.380 e. The minimum atomic E-state index is 0.347. The van der Waals surface area contributed by atoms with Crippen molar-refractivity contribution in [3.63, 3.8) is 0 Å². The topological polar surface area (TPSA) is 38.0 Å². The summed E-state index contributed by atoms with van der Waals surface area (Å²) in [5.41, 5.74) is 11.0. The van der Waals surface area contributed by atoms with E-state index in [4.69, 9.17) is 5.73 Å². The maximum atomic E-state index is 5.79. The fraction of sp³-hybridized carbons (Fsp3) is 0.571. The van der Waals surface area contributed by atoms with Crippen molar-refractivity contribution in [1.82, 2.24) is 0 Å². The lowest BCUT2D eigenvalue weighted by atomic mass is 10.0. The molecule has 1 aromatic carbocycles. The van der Waals surface area contributed by atoms with E-state index in [1.807, 2.05) is 0 Å². The van der Waals surface area contributed by atoms with Gasteiger partial charge >= 0.3 is 0 Å². The zero-order valence-electron chi connectivity index (χ0n) is 11.1. The van der Waals surface area contributed by atoms with Crippen LogP contribution in [0, 0.1) is 26.7 Å². The Morgan fingerprint density at radius 3 is 2.00 bits per heavy atom. The number of nitrogens with two attached hydrogens (primary N) is 1. The average Bonchev–Trinajstić information content (AvgIpc) is 2.15. The van der Waals surface area contributed by atoms with Gasteiger partial charge in [-0.05, 0) is 37.8 Å². The molecular formula is C14H24N2. The summed E-state index contributed by atoms with van der Waals surface area (Å²) < 4.78 is 0. The van der Waals surface area contributed by atoms with Gasteiger partial charge in [-0.25, -0.2) is 0 Å². The van der Waals surface area contributed by atoms with Gasteiger partial charge in [-0.3, -0.25) is 0 Å². The Morgan fingerprint density at radius 2 is 1.62 bits per heavy atom. The second-order valence-corrected chi connectivity index (χ2v) is 5.00. The van der Waals surface area contributed by atoms with Gasteiger partial charge in [-0.2, -0.15) is 0 Å². The average molecular weight is 220 g/mol. The second kappa shape index (κ2) is 5.35. The van der Waals surface area contributed by atoms with Crippen molar-refractivity contribution in [2.45, 2.75) is 40.7 Å². The van der Waals surface area contributed by atoms with Gasteiger partial charge in [0.25, 0.3) is 0 Å². The van der Waals surface area contributed by atoms with Crippen molar-refractivity contribution >= 4 is 5.69 Å². The highest BCUT2D eigenvalue weighted by atomic mass is 14.9. The third-order valence-corrected chi connectivity index (χ3v) is 3.07. The molecule has 0 aliphatic carbocycles. The van der Waals surface area contributed by atoms with Gasteiger partial charge in [0.05, 0.1) is 0 Å². The Morgan fingerprint density at radius 1 is 1.12 bits per heavy atom. The van der Waals surface area contributed by atoms with Gasteiger partial charge in [0.1, 0.15) is 0 Å². The Hall–Kier alpha value is -1.02. The van der Waals surface area contributed by atoms with Crippen LogP contribution in [0.1, 0.15) is 30.5 Å². The molecule has 16 heavy (non-hydrogen) atoms. The van der Waals surface area contributed by atoms with Crippen LogP contribution in [-0.2, 0) is 0 Å². The molecule has 0 saturated carbocycles. The van der Waals surface area contributed by atoms with Crippen LogP contribution in [0.2, 0.25) is 0 Å². The summed E-state index contributed by atoms with van der Waals surface area (Å²) in [5, 5.41) is 3.57. The van der Waals surface area contributed by atoms with Crippen LogP contribution in [0.15, 0.2) is 12.1 Å². The van der Waals surface area contributed by atoms with Crippen molar-refractivity contribution in [1.29, 1.82) is 0 Å². The van der Waals surface area contributed by atoms with Crippen LogP contribution in [-0.4, -0.2) is 12.6 Å². The van der Waals surface area contributed by atoms with E-state index in [1.54, 1.807) is 0 Å². The molecule has 1 rings (SSSR count). The SMILES string of the molecule is Cc1cc(C)c(NC(CN)C(C)C)c(C)c1. The fourth-order valence-electron chi connectivity index (χ4n) is 2.09. The molecule has 0 spiro atoms. The fourth-order valence-corrected chi connectivity index (χ4v) is 2.09. The quantitative estimate of drug-likeness (QED) is 0.818. The predicted molar refractivity (Wildman–Crippen MR) is 72.0 cm³/mol. The van der Waals surface area contributed by atoms with Gasteiger partial charge in [-0.1, -0.05) is 31.5 Å². The van der Waals surface area contributed by atoms with E-state index in [9.17, 15) is 0 Å². The van der Waals surface area contributed by atoms with Gasteiger partial charge in [0, 0.05) is 18.3 Å². The molecule has 3 N–H and O–H groups in total. The van der Waals surface area contributed by atoms with E-state index in [0.29, 0.717) is 18.5 Å². The second-order valence-electron chi connectivity index (χ2n) is 5.00. The maximum absolute atomic E-state index is 5.79. The van der Waals surface area contributed by atoms with E-state index in [2.05, 4.69) is 52.1 Å². The molecule has 0 aromatic heterocycles. The standard InChI is InChI=1S/C14H24N2/c1-9(2)13(8-15)16-14-11(4)6-10(3)7-12(14)5/h6-7,9,13,16H,8,15H2,1-5H3. The molecule has 1 atom stereocenters. The lowest BCUT2D eigenvalue weighted by molar-refractivity contribution is 0.531. The number of rotatable bonds is 4. The Labute approximate surface area is 99.2 Å². The molecule has 2 heteroatoms. The number of hydrogen-bond donors (Lipinski definition) is 2. The van der Waals surface area contributed by atoms with Gasteiger partial charge < -0.3 is 11.1 Å². The highest BCUT2D eigenvalue weighted by Gasteiger charge is 2.13. The molecule has 90 valence electrons. The van der Waals surface area contributed by atoms with Crippen molar-refractivity contribution in [3.05, 3.63) is 28.8 Å². The van der Waals surface area contributed by atoms with Crippen molar-refractivity contribution in [2.24, 2.45) is 11.7 Å². The first-order valence-corrected chi connectivity index (χ1v) is 6.00. The van der Waals surface area contributed by atoms with E-state index < -0.39 is 0 Å². The molecule has 0 amide bonds. The van der Waals surface area contributed by atoms with Crippen molar-refractivity contribution in [3.8, 4) is 0 Å². The van der Waals surface area contributed by atoms with Gasteiger partial charge in [0.15, 0.2) is 0 Å². The van der Waals surface area contributed by atoms with E-state index in [1.165, 1.54) is 22.4 Å². The summed E-state index contributed by atoms with van der Waals surface area (Å²) in [7, 11) is 0. The van der Waals surface area contributed by atoms with Crippen LogP contribution in [0.25, 0.3) is 0 Å². The lowest BCUT2D eigenvalue weighted by Gasteiger charge is -2.24. The zero-order chi connectivity index (χ0) is 12.3. The minimum absolute atomic E-state index is 0.347. The van der Waals surface area contributed by atoms with Crippen molar-refractivity contribution < 1.29 is 0 Å². The van der Waals surface area contributed by atoms with E-state index in [0.717, 1.165) is 0 Å². The molecule has 0 aliphatic rings. The summed E-state index contributed by atoms with van der Waals surface area (Å²) >= 11 is 0. The molecule has 0 heterocycles. The first-order valence-electron chi connectivity index (χ1n) is 6.00. The van der Waals surface area contributed by atoms with Gasteiger partial charge in [0.2, 0.25) is 0 Å². The molecule has 0 bridgehead atoms.